The molecule has 2 atom stereocenters. The van der Waals surface area contributed by atoms with Crippen LogP contribution >= 0.6 is 0 Å². The van der Waals surface area contributed by atoms with Gasteiger partial charge in [-0.05, 0) is 32.1 Å². The zero-order valence-corrected chi connectivity index (χ0v) is 11.3. The van der Waals surface area contributed by atoms with Crippen molar-refractivity contribution in [2.45, 2.75) is 69.5 Å². The van der Waals surface area contributed by atoms with Gasteiger partial charge in [-0.15, -0.1) is 0 Å². The molecule has 19 heavy (non-hydrogen) atoms. The molecule has 1 aliphatic heterocycles. The third-order valence-corrected chi connectivity index (χ3v) is 4.58. The topological polar surface area (TPSA) is 49.4 Å². The summed E-state index contributed by atoms with van der Waals surface area (Å²) in [7, 11) is 0. The number of nitrogens with one attached hydrogen (secondary N) is 1. The van der Waals surface area contributed by atoms with Gasteiger partial charge in [0.15, 0.2) is 0 Å². The molecule has 0 aromatic rings. The molecular weight excluding hydrogens is 240 g/mol. The van der Waals surface area contributed by atoms with Crippen LogP contribution in [0.1, 0.15) is 51.4 Å². The Labute approximate surface area is 114 Å². The first-order chi connectivity index (χ1) is 9.25. The average molecular weight is 262 g/mol. The summed E-state index contributed by atoms with van der Waals surface area (Å²) in [6.07, 6.45) is 12.1. The van der Waals surface area contributed by atoms with Gasteiger partial charge in [0.2, 0.25) is 11.8 Å². The molecule has 1 saturated carbocycles. The van der Waals surface area contributed by atoms with Gasteiger partial charge in [0, 0.05) is 12.1 Å². The highest BCUT2D eigenvalue weighted by atomic mass is 16.2. The van der Waals surface area contributed by atoms with Crippen LogP contribution in [0.5, 0.6) is 0 Å². The second-order valence-corrected chi connectivity index (χ2v) is 5.95. The highest BCUT2D eigenvalue weighted by Crippen LogP contribution is 2.28. The molecule has 0 spiro atoms. The van der Waals surface area contributed by atoms with Crippen LogP contribution in [0.4, 0.5) is 0 Å². The number of carbonyl (C=O) groups excluding carboxylic acids is 2. The first-order valence-corrected chi connectivity index (χ1v) is 7.52. The predicted molar refractivity (Wildman–Crippen MR) is 72.4 cm³/mol. The molecule has 0 aromatic heterocycles. The summed E-state index contributed by atoms with van der Waals surface area (Å²) in [6, 6.07) is 0.262. The van der Waals surface area contributed by atoms with Gasteiger partial charge in [-0.2, -0.15) is 0 Å². The number of hydrogen-bond donors (Lipinski definition) is 1. The summed E-state index contributed by atoms with van der Waals surface area (Å²) < 4.78 is 0. The second kappa shape index (κ2) is 5.45. The Hall–Kier alpha value is -1.16. The first-order valence-electron chi connectivity index (χ1n) is 7.52. The quantitative estimate of drug-likeness (QED) is 0.623. The molecule has 0 radical (unpaired) electrons. The Morgan fingerprint density at radius 2 is 1.89 bits per heavy atom. The highest BCUT2D eigenvalue weighted by molar-refractivity contribution is 6.05. The van der Waals surface area contributed by atoms with E-state index in [1.54, 1.807) is 4.90 Å². The SMILES string of the molecule is O=C1CC(NC2CC=CCC2)C(=O)N1C1CCCC1. The fraction of sp³-hybridized carbons (Fsp3) is 0.733. The zero-order valence-electron chi connectivity index (χ0n) is 11.3. The fourth-order valence-electron chi connectivity index (χ4n) is 3.56. The molecule has 1 saturated heterocycles. The Morgan fingerprint density at radius 3 is 2.58 bits per heavy atom. The molecule has 104 valence electrons. The summed E-state index contributed by atoms with van der Waals surface area (Å²) in [5, 5.41) is 3.39. The van der Waals surface area contributed by atoms with Gasteiger partial charge in [0.05, 0.1) is 12.5 Å². The van der Waals surface area contributed by atoms with E-state index in [0.29, 0.717) is 12.5 Å². The van der Waals surface area contributed by atoms with Gasteiger partial charge in [-0.1, -0.05) is 25.0 Å². The molecule has 2 amide bonds. The molecule has 1 heterocycles. The number of rotatable bonds is 3. The van der Waals surface area contributed by atoms with Crippen LogP contribution < -0.4 is 5.32 Å². The Bertz CT molecular complexity index is 399. The molecule has 2 unspecified atom stereocenters. The molecular formula is C15H22N2O2. The number of amides is 2. The van der Waals surface area contributed by atoms with Crippen molar-refractivity contribution in [1.29, 1.82) is 0 Å². The molecule has 2 aliphatic carbocycles. The van der Waals surface area contributed by atoms with E-state index in [2.05, 4.69) is 17.5 Å². The van der Waals surface area contributed by atoms with Crippen LogP contribution in [-0.4, -0.2) is 34.8 Å². The van der Waals surface area contributed by atoms with Gasteiger partial charge < -0.3 is 5.32 Å². The Kier molecular flexibility index (Phi) is 3.69. The maximum Gasteiger partial charge on any atom is 0.247 e. The summed E-state index contributed by atoms with van der Waals surface area (Å²) >= 11 is 0. The first kappa shape index (κ1) is 12.9. The van der Waals surface area contributed by atoms with E-state index in [4.69, 9.17) is 0 Å². The van der Waals surface area contributed by atoms with Crippen LogP contribution in [0.15, 0.2) is 12.2 Å². The Balaban J connectivity index is 1.62. The zero-order chi connectivity index (χ0) is 13.2. The molecule has 4 nitrogen and oxygen atoms in total. The van der Waals surface area contributed by atoms with Crippen LogP contribution in [0.25, 0.3) is 0 Å². The lowest BCUT2D eigenvalue weighted by atomic mass is 10.0. The van der Waals surface area contributed by atoms with Crippen molar-refractivity contribution in [1.82, 2.24) is 10.2 Å². The highest BCUT2D eigenvalue weighted by Gasteiger charge is 2.43. The molecule has 3 rings (SSSR count). The normalized spacial score (nSPS) is 32.5. The van der Waals surface area contributed by atoms with E-state index in [0.717, 1.165) is 44.9 Å². The van der Waals surface area contributed by atoms with Gasteiger partial charge in [0.1, 0.15) is 0 Å². The monoisotopic (exact) mass is 262 g/mol. The van der Waals surface area contributed by atoms with E-state index in [9.17, 15) is 9.59 Å². The van der Waals surface area contributed by atoms with Crippen molar-refractivity contribution >= 4 is 11.8 Å². The summed E-state index contributed by atoms with van der Waals surface area (Å²) in [4.78, 5) is 26.0. The molecule has 3 aliphatic rings. The number of likely N-dealkylation sites (tertiary alicyclic amines) is 1. The van der Waals surface area contributed by atoms with Crippen molar-refractivity contribution in [3.8, 4) is 0 Å². The van der Waals surface area contributed by atoms with Crippen molar-refractivity contribution in [3.63, 3.8) is 0 Å². The molecule has 0 aromatic carbocycles. The van der Waals surface area contributed by atoms with E-state index in [1.165, 1.54) is 0 Å². The van der Waals surface area contributed by atoms with E-state index >= 15 is 0 Å². The van der Waals surface area contributed by atoms with Crippen LogP contribution in [-0.2, 0) is 9.59 Å². The molecule has 0 bridgehead atoms. The lowest BCUT2D eigenvalue weighted by molar-refractivity contribution is -0.141. The summed E-state index contributed by atoms with van der Waals surface area (Å²) in [5.74, 6) is 0.0483. The number of imide groups is 1. The lowest BCUT2D eigenvalue weighted by Gasteiger charge is -2.25. The predicted octanol–water partition coefficient (Wildman–Crippen LogP) is 1.75. The second-order valence-electron chi connectivity index (χ2n) is 5.95. The average Bonchev–Trinajstić information content (AvgIpc) is 3.01. The third kappa shape index (κ3) is 2.59. The summed E-state index contributed by atoms with van der Waals surface area (Å²) in [5.41, 5.74) is 0. The van der Waals surface area contributed by atoms with E-state index in [-0.39, 0.29) is 23.9 Å². The summed E-state index contributed by atoms with van der Waals surface area (Å²) in [6.45, 7) is 0. The standard InChI is InChI=1S/C15H22N2O2/c18-14-10-13(16-11-6-2-1-3-7-11)15(19)17(14)12-8-4-5-9-12/h1-2,11-13,16H,3-10H2. The minimum absolute atomic E-state index is 0.0199. The van der Waals surface area contributed by atoms with Gasteiger partial charge >= 0.3 is 0 Å². The van der Waals surface area contributed by atoms with Crippen LogP contribution in [0, 0.1) is 0 Å². The number of nitrogens with zero attached hydrogens (tertiary/aromatic N) is 1. The van der Waals surface area contributed by atoms with Crippen molar-refractivity contribution in [2.75, 3.05) is 0 Å². The van der Waals surface area contributed by atoms with Gasteiger partial charge in [-0.25, -0.2) is 0 Å². The minimum Gasteiger partial charge on any atom is -0.302 e. The fourth-order valence-corrected chi connectivity index (χ4v) is 3.56. The largest absolute Gasteiger partial charge is 0.302 e. The van der Waals surface area contributed by atoms with Gasteiger partial charge in [-0.3, -0.25) is 14.5 Å². The minimum atomic E-state index is -0.274. The smallest absolute Gasteiger partial charge is 0.247 e. The molecule has 2 fully saturated rings. The lowest BCUT2D eigenvalue weighted by Crippen LogP contribution is -2.46. The molecule has 1 N–H and O–H groups in total. The third-order valence-electron chi connectivity index (χ3n) is 4.58. The molecule has 4 heteroatoms. The Morgan fingerprint density at radius 1 is 1.11 bits per heavy atom. The van der Waals surface area contributed by atoms with Crippen LogP contribution in [0.3, 0.4) is 0 Å². The van der Waals surface area contributed by atoms with Gasteiger partial charge in [0.25, 0.3) is 0 Å². The van der Waals surface area contributed by atoms with Crippen molar-refractivity contribution < 1.29 is 9.59 Å². The van der Waals surface area contributed by atoms with E-state index < -0.39 is 0 Å². The number of allylic oxidation sites excluding steroid dienone is 1. The number of carbonyl (C=O) groups is 2. The van der Waals surface area contributed by atoms with Crippen LogP contribution in [0.2, 0.25) is 0 Å². The van der Waals surface area contributed by atoms with Crippen molar-refractivity contribution in [3.05, 3.63) is 12.2 Å². The van der Waals surface area contributed by atoms with Crippen molar-refractivity contribution in [2.24, 2.45) is 0 Å². The number of hydrogen-bond acceptors (Lipinski definition) is 3. The maximum absolute atomic E-state index is 12.4. The maximum atomic E-state index is 12.4. The van der Waals surface area contributed by atoms with E-state index in [1.807, 2.05) is 0 Å².